The zero-order chi connectivity index (χ0) is 25.7. The van der Waals surface area contributed by atoms with Crippen molar-refractivity contribution >= 4 is 17.4 Å². The van der Waals surface area contributed by atoms with Crippen molar-refractivity contribution in [2.45, 2.75) is 19.9 Å². The molecule has 9 heteroatoms. The van der Waals surface area contributed by atoms with Gasteiger partial charge >= 0.3 is 0 Å². The summed E-state index contributed by atoms with van der Waals surface area (Å²) < 4.78 is 29.8. The number of ether oxygens (including phenoxy) is 3. The van der Waals surface area contributed by atoms with Gasteiger partial charge in [0.15, 0.2) is 11.5 Å². The Hall–Kier alpha value is -3.59. The topological polar surface area (TPSA) is 88.5 Å². The molecule has 35 heavy (non-hydrogen) atoms. The van der Waals surface area contributed by atoms with Crippen LogP contribution in [0.1, 0.15) is 31.0 Å². The predicted octanol–water partition coefficient (Wildman–Crippen LogP) is 3.62. The molecule has 3 rings (SSSR count). The highest BCUT2D eigenvalue weighted by Gasteiger charge is 2.46. The summed E-state index contributed by atoms with van der Waals surface area (Å²) in [5.74, 6) is -1.35. The van der Waals surface area contributed by atoms with E-state index < -0.39 is 23.5 Å². The molecule has 0 spiro atoms. The number of methoxy groups -OCH3 is 3. The minimum absolute atomic E-state index is 0.0876. The highest BCUT2D eigenvalue weighted by atomic mass is 19.1. The molecule has 0 bridgehead atoms. The summed E-state index contributed by atoms with van der Waals surface area (Å²) in [6, 6.07) is 7.48. The number of aliphatic hydroxyl groups excluding tert-OH is 1. The summed E-state index contributed by atoms with van der Waals surface area (Å²) in [6.45, 7) is 6.40. The number of Topliss-reactive ketones (excluding diaryl/α,β-unsaturated/α-hetero) is 1. The van der Waals surface area contributed by atoms with Gasteiger partial charge < -0.3 is 29.1 Å². The summed E-state index contributed by atoms with van der Waals surface area (Å²) in [5.41, 5.74) is 0.642. The van der Waals surface area contributed by atoms with Crippen molar-refractivity contribution in [2.75, 3.05) is 47.5 Å². The molecular formula is C26H31FN2O6. The molecule has 188 valence electrons. The minimum atomic E-state index is -0.913. The van der Waals surface area contributed by atoms with Crippen LogP contribution in [0.2, 0.25) is 0 Å². The molecule has 1 aliphatic heterocycles. The van der Waals surface area contributed by atoms with Gasteiger partial charge in [-0.3, -0.25) is 9.59 Å². The third kappa shape index (κ3) is 5.09. The summed E-state index contributed by atoms with van der Waals surface area (Å²) >= 11 is 0. The molecule has 1 saturated heterocycles. The van der Waals surface area contributed by atoms with Gasteiger partial charge in [-0.15, -0.1) is 0 Å². The molecule has 8 nitrogen and oxygen atoms in total. The smallest absolute Gasteiger partial charge is 0.295 e. The molecular weight excluding hydrogens is 455 g/mol. The molecule has 1 amide bonds. The highest BCUT2D eigenvalue weighted by Crippen LogP contribution is 2.45. The van der Waals surface area contributed by atoms with E-state index in [-0.39, 0.29) is 23.4 Å². The molecule has 1 heterocycles. The van der Waals surface area contributed by atoms with Crippen molar-refractivity contribution in [3.63, 3.8) is 0 Å². The van der Waals surface area contributed by atoms with E-state index in [1.54, 1.807) is 12.1 Å². The van der Waals surface area contributed by atoms with Gasteiger partial charge in [-0.25, -0.2) is 4.39 Å². The predicted molar refractivity (Wildman–Crippen MR) is 129 cm³/mol. The third-order valence-corrected chi connectivity index (χ3v) is 6.21. The van der Waals surface area contributed by atoms with Gasteiger partial charge in [0, 0.05) is 18.7 Å². The van der Waals surface area contributed by atoms with Crippen LogP contribution in [0, 0.1) is 5.82 Å². The minimum Gasteiger partial charge on any atom is -0.507 e. The zero-order valence-corrected chi connectivity index (χ0v) is 20.6. The molecule has 0 aliphatic carbocycles. The average molecular weight is 487 g/mol. The number of hydrogen-bond acceptors (Lipinski definition) is 7. The van der Waals surface area contributed by atoms with Crippen molar-refractivity contribution in [3.8, 4) is 17.2 Å². The van der Waals surface area contributed by atoms with Crippen LogP contribution >= 0.6 is 0 Å². The van der Waals surface area contributed by atoms with Gasteiger partial charge in [0.2, 0.25) is 5.75 Å². The van der Waals surface area contributed by atoms with Crippen LogP contribution in [0.15, 0.2) is 42.0 Å². The molecule has 0 radical (unpaired) electrons. The first-order valence-corrected chi connectivity index (χ1v) is 11.4. The van der Waals surface area contributed by atoms with Crippen LogP contribution in [-0.2, 0) is 9.59 Å². The van der Waals surface area contributed by atoms with Crippen molar-refractivity contribution in [1.29, 1.82) is 0 Å². The zero-order valence-electron chi connectivity index (χ0n) is 20.6. The Bertz CT molecular complexity index is 1090. The summed E-state index contributed by atoms with van der Waals surface area (Å²) in [6.07, 6.45) is 0. The summed E-state index contributed by atoms with van der Waals surface area (Å²) in [7, 11) is 4.42. The van der Waals surface area contributed by atoms with E-state index in [1.165, 1.54) is 50.5 Å². The van der Waals surface area contributed by atoms with E-state index in [0.29, 0.717) is 29.4 Å². The molecule has 0 aromatic heterocycles. The van der Waals surface area contributed by atoms with Crippen LogP contribution in [0.25, 0.3) is 5.76 Å². The molecule has 1 atom stereocenters. The van der Waals surface area contributed by atoms with E-state index in [1.807, 2.05) is 13.8 Å². The first-order chi connectivity index (χ1) is 16.8. The number of aliphatic hydroxyl groups is 1. The van der Waals surface area contributed by atoms with E-state index in [2.05, 4.69) is 4.90 Å². The first kappa shape index (κ1) is 26.0. The molecule has 1 unspecified atom stereocenters. The maximum atomic E-state index is 13.5. The molecule has 1 aliphatic rings. The lowest BCUT2D eigenvalue weighted by molar-refractivity contribution is -0.140. The van der Waals surface area contributed by atoms with Gasteiger partial charge in [-0.2, -0.15) is 0 Å². The van der Waals surface area contributed by atoms with Crippen LogP contribution < -0.4 is 14.2 Å². The SMILES string of the molecule is CCN(CC)CCN1C(=O)C(=O)/C(=C(\O)c2ccc(F)cc2)C1c1cc(OC)c(OC)c(OC)c1. The van der Waals surface area contributed by atoms with Crippen molar-refractivity contribution in [2.24, 2.45) is 0 Å². The quantitative estimate of drug-likeness (QED) is 0.312. The standard InChI is InChI=1S/C26H31FN2O6/c1-6-28(7-2)12-13-29-22(17-14-19(33-3)25(35-5)20(15-17)34-4)21(24(31)26(29)32)23(30)16-8-10-18(27)11-9-16/h8-11,14-15,22,30H,6-7,12-13H2,1-5H3/b23-21-. The van der Waals surface area contributed by atoms with Crippen LogP contribution in [0.3, 0.4) is 0 Å². The van der Waals surface area contributed by atoms with Crippen molar-refractivity contribution in [1.82, 2.24) is 9.80 Å². The average Bonchev–Trinajstić information content (AvgIpc) is 3.13. The van der Waals surface area contributed by atoms with Crippen LogP contribution in [-0.4, -0.2) is 74.1 Å². The summed E-state index contributed by atoms with van der Waals surface area (Å²) in [4.78, 5) is 30.0. The maximum Gasteiger partial charge on any atom is 0.295 e. The Kier molecular flexibility index (Phi) is 8.34. The Balaban J connectivity index is 2.21. The Morgan fingerprint density at radius 2 is 1.57 bits per heavy atom. The van der Waals surface area contributed by atoms with Crippen LogP contribution in [0.5, 0.6) is 17.2 Å². The first-order valence-electron chi connectivity index (χ1n) is 11.4. The maximum absolute atomic E-state index is 13.5. The number of likely N-dealkylation sites (N-methyl/N-ethyl adjacent to an activating group) is 1. The number of carbonyl (C=O) groups is 2. The van der Waals surface area contributed by atoms with E-state index in [4.69, 9.17) is 14.2 Å². The Morgan fingerprint density at radius 1 is 1.00 bits per heavy atom. The monoisotopic (exact) mass is 486 g/mol. The van der Waals surface area contributed by atoms with Gasteiger partial charge in [-0.1, -0.05) is 13.8 Å². The van der Waals surface area contributed by atoms with Gasteiger partial charge in [-0.05, 0) is 55.1 Å². The number of halogens is 1. The lowest BCUT2D eigenvalue weighted by Crippen LogP contribution is -2.38. The van der Waals surface area contributed by atoms with Crippen LogP contribution in [0.4, 0.5) is 4.39 Å². The largest absolute Gasteiger partial charge is 0.507 e. The van der Waals surface area contributed by atoms with E-state index in [0.717, 1.165) is 13.1 Å². The number of rotatable bonds is 10. The fourth-order valence-corrected chi connectivity index (χ4v) is 4.27. The van der Waals surface area contributed by atoms with Gasteiger partial charge in [0.1, 0.15) is 11.6 Å². The number of benzene rings is 2. The van der Waals surface area contributed by atoms with Gasteiger partial charge in [0.25, 0.3) is 11.7 Å². The summed E-state index contributed by atoms with van der Waals surface area (Å²) in [5, 5.41) is 11.1. The second kappa shape index (κ2) is 11.2. The number of amides is 1. The number of likely N-dealkylation sites (tertiary alicyclic amines) is 1. The van der Waals surface area contributed by atoms with Crippen molar-refractivity contribution < 1.29 is 33.3 Å². The van der Waals surface area contributed by atoms with Gasteiger partial charge in [0.05, 0.1) is 32.9 Å². The highest BCUT2D eigenvalue weighted by molar-refractivity contribution is 6.46. The number of carbonyl (C=O) groups excluding carboxylic acids is 2. The lowest BCUT2D eigenvalue weighted by atomic mass is 9.94. The second-order valence-electron chi connectivity index (χ2n) is 7.98. The van der Waals surface area contributed by atoms with Crippen molar-refractivity contribution in [3.05, 3.63) is 58.9 Å². The number of ketones is 1. The molecule has 2 aromatic rings. The Labute approximate surface area is 204 Å². The van der Waals surface area contributed by atoms with E-state index in [9.17, 15) is 19.1 Å². The third-order valence-electron chi connectivity index (χ3n) is 6.21. The molecule has 0 saturated carbocycles. The Morgan fingerprint density at radius 3 is 2.06 bits per heavy atom. The second-order valence-corrected chi connectivity index (χ2v) is 7.98. The molecule has 1 fully saturated rings. The fraction of sp³-hybridized carbons (Fsp3) is 0.385. The molecule has 1 N–H and O–H groups in total. The van der Waals surface area contributed by atoms with E-state index >= 15 is 0 Å². The fourth-order valence-electron chi connectivity index (χ4n) is 4.27. The lowest BCUT2D eigenvalue weighted by Gasteiger charge is -2.29. The number of hydrogen-bond donors (Lipinski definition) is 1. The normalized spacial score (nSPS) is 17.2. The molecule has 2 aromatic carbocycles. The number of nitrogens with zero attached hydrogens (tertiary/aromatic N) is 2.